The van der Waals surface area contributed by atoms with Gasteiger partial charge in [0.15, 0.2) is 0 Å². The Morgan fingerprint density at radius 2 is 0.559 bits per heavy atom. The Labute approximate surface area is 217 Å². The van der Waals surface area contributed by atoms with Gasteiger partial charge in [-0.1, -0.05) is 0 Å². The van der Waals surface area contributed by atoms with Crippen LogP contribution in [0.1, 0.15) is 0 Å². The summed E-state index contributed by atoms with van der Waals surface area (Å²) in [6.45, 7) is -4.16. The first-order valence-electron chi connectivity index (χ1n) is 7.66. The first-order valence-corrected chi connectivity index (χ1v) is 7.66. The van der Waals surface area contributed by atoms with Crippen LogP contribution in [0.2, 0.25) is 0 Å². The van der Waals surface area contributed by atoms with E-state index in [9.17, 15) is 49.5 Å². The number of hydrogen-bond donors (Lipinski definition) is 2. The zero-order chi connectivity index (χ0) is 21.0. The van der Waals surface area contributed by atoms with E-state index < -0.39 is 62.6 Å². The van der Waals surface area contributed by atoms with Crippen molar-refractivity contribution in [2.24, 2.45) is 0 Å². The minimum absolute atomic E-state index is 0. The maximum absolute atomic E-state index is 10.8. The Morgan fingerprint density at radius 3 is 0.735 bits per heavy atom. The molecule has 0 rings (SSSR count). The van der Waals surface area contributed by atoms with E-state index in [2.05, 4.69) is 0 Å². The molecular weight excluding hydrogens is 552 g/mol. The van der Waals surface area contributed by atoms with Gasteiger partial charge in [-0.05, 0) is 0 Å². The van der Waals surface area contributed by atoms with Crippen molar-refractivity contribution >= 4 is 29.8 Å². The maximum Gasteiger partial charge on any atom is 3.00 e. The third kappa shape index (κ3) is 32.2. The number of nitrogens with zero attached hydrogens (tertiary/aromatic N) is 3. The number of quaternary nitrogens is 2. The Balaban J connectivity index is -0.000000161. The van der Waals surface area contributed by atoms with Gasteiger partial charge in [-0.2, -0.15) is 0 Å². The Morgan fingerprint density at radius 1 is 0.412 bits per heavy atom. The minimum Gasteiger partial charge on any atom is -0.693 e. The molecule has 34 heavy (non-hydrogen) atoms. The van der Waals surface area contributed by atoms with E-state index in [0.29, 0.717) is 0 Å². The quantitative estimate of drug-likeness (QED) is 0.160. The van der Waals surface area contributed by atoms with E-state index in [4.69, 9.17) is 0 Å². The number of aliphatic carboxylic acids is 5. The molecule has 0 spiro atoms. The smallest absolute Gasteiger partial charge is 0.693 e. The second kappa shape index (κ2) is 29.1. The molecule has 204 valence electrons. The second-order valence-electron chi connectivity index (χ2n) is 5.56. The molecule has 0 saturated carbocycles. The monoisotopic (exact) mass is 584 g/mol. The van der Waals surface area contributed by atoms with Crippen LogP contribution in [-0.4, -0.2) is 103 Å². The van der Waals surface area contributed by atoms with Crippen LogP contribution in [0.15, 0.2) is 0 Å². The largest absolute Gasteiger partial charge is 3.00 e. The molecule has 2 radical (unpaired) electrons. The van der Waals surface area contributed by atoms with Crippen LogP contribution in [0.3, 0.4) is 0 Å². The van der Waals surface area contributed by atoms with Gasteiger partial charge in [0.05, 0.1) is 29.8 Å². The van der Waals surface area contributed by atoms with Gasteiger partial charge in [0.25, 0.3) is 0 Å². The van der Waals surface area contributed by atoms with Gasteiger partial charge in [-0.25, -0.2) is 0 Å². The fraction of sp³-hybridized carbons (Fsp3) is 0.643. The molecule has 14 N–H and O–H groups in total. The van der Waals surface area contributed by atoms with Gasteiger partial charge in [0, 0.05) is 58.9 Å². The third-order valence-corrected chi connectivity index (χ3v) is 3.23. The zero-order valence-corrected chi connectivity index (χ0v) is 20.9. The average Bonchev–Trinajstić information content (AvgIpc) is 2.46. The number of carbonyl (C=O) groups is 5. The molecule has 0 amide bonds. The van der Waals surface area contributed by atoms with Crippen LogP contribution in [0.25, 0.3) is 18.5 Å². The Hall–Kier alpha value is -1.93. The van der Waals surface area contributed by atoms with E-state index in [0.717, 1.165) is 9.80 Å². The molecule has 0 aromatic carbocycles. The maximum atomic E-state index is 10.8. The standard InChI is InChI=1S/C14H23N3O10.2Fe.2H3N.3H2N/c18-10(19)5-15(1-3-16(6-11(20)21)7-12(22)23)2-4-17(8-13(24)25)9-14(26)27;;;;;;;/h1-9H2,(H,18,19)(H,20,21)(H,22,23)(H,24,25)(H,26,27);;;2*1H3;3*1H2/q;2*+3;;;3*-1/p-3. The molecule has 0 aromatic rings. The van der Waals surface area contributed by atoms with Crippen LogP contribution >= 0.6 is 0 Å². The van der Waals surface area contributed by atoms with Gasteiger partial charge in [0.2, 0.25) is 0 Å². The van der Waals surface area contributed by atoms with E-state index in [1.165, 1.54) is 4.90 Å². The number of hydrogen-bond acceptors (Lipinski definition) is 13. The molecule has 0 bridgehead atoms. The molecule has 0 aliphatic rings. The number of carbonyl (C=O) groups excluding carboxylic acids is 5. The first kappa shape index (κ1) is 53.4. The molecule has 0 saturated heterocycles. The summed E-state index contributed by atoms with van der Waals surface area (Å²) < 4.78 is 0. The fourth-order valence-corrected chi connectivity index (χ4v) is 2.18. The van der Waals surface area contributed by atoms with E-state index in [1.807, 2.05) is 0 Å². The summed E-state index contributed by atoms with van der Waals surface area (Å²) in [4.78, 5) is 56.4. The van der Waals surface area contributed by atoms with Crippen molar-refractivity contribution in [3.8, 4) is 0 Å². The van der Waals surface area contributed by atoms with Gasteiger partial charge in [-0.3, -0.25) is 14.7 Å². The van der Waals surface area contributed by atoms with Crippen LogP contribution < -0.4 is 37.8 Å². The van der Waals surface area contributed by atoms with Crippen molar-refractivity contribution in [1.82, 2.24) is 27.0 Å². The summed E-state index contributed by atoms with van der Waals surface area (Å²) in [5.41, 5.74) is 0. The third-order valence-electron chi connectivity index (χ3n) is 3.23. The molecule has 0 heterocycles. The fourth-order valence-electron chi connectivity index (χ4n) is 2.18. The van der Waals surface area contributed by atoms with E-state index in [1.54, 1.807) is 0 Å². The SMILES string of the molecule is O=C([O-])CN(CCN(CC(=O)[O-])CC(=O)[O-])CCN(CC(=O)[O-])CC(=O)[O-].[Fe+3].[Fe+3].[NH2-].[NH2-].[NH2-].[NH4+].[NH4+]. The predicted octanol–water partition coefficient (Wildman–Crippen LogP) is -6.46. The summed E-state index contributed by atoms with van der Waals surface area (Å²) in [5, 5.41) is 53.3. The number of nitrogens with two attached hydrogens (primary N) is 3. The normalized spacial score (nSPS) is 8.79. The predicted molar refractivity (Wildman–Crippen MR) is 102 cm³/mol. The van der Waals surface area contributed by atoms with Gasteiger partial charge < -0.3 is 80.3 Å². The zero-order valence-electron chi connectivity index (χ0n) is 18.7. The van der Waals surface area contributed by atoms with E-state index >= 15 is 0 Å². The van der Waals surface area contributed by atoms with Crippen LogP contribution in [0.5, 0.6) is 0 Å². The van der Waals surface area contributed by atoms with Crippen LogP contribution in [0, 0.1) is 0 Å². The number of rotatable bonds is 16. The molecule has 0 aromatic heterocycles. The molecule has 0 atom stereocenters. The van der Waals surface area contributed by atoms with E-state index in [-0.39, 0.29) is 91.1 Å². The van der Waals surface area contributed by atoms with Gasteiger partial charge in [0.1, 0.15) is 0 Å². The summed E-state index contributed by atoms with van der Waals surface area (Å²) in [6, 6.07) is 0. The minimum atomic E-state index is -1.54. The molecule has 20 heteroatoms. The molecule has 0 unspecified atom stereocenters. The topological polar surface area (TPSA) is 384 Å². The second-order valence-corrected chi connectivity index (χ2v) is 5.56. The Bertz CT molecular complexity index is 505. The van der Waals surface area contributed by atoms with Crippen molar-refractivity contribution in [2.45, 2.75) is 0 Å². The Kier molecular flexibility index (Phi) is 45.7. The number of carboxylic acids is 5. The molecule has 0 fully saturated rings. The summed E-state index contributed by atoms with van der Waals surface area (Å²) in [6.07, 6.45) is 0. The van der Waals surface area contributed by atoms with Crippen LogP contribution in [-0.2, 0) is 58.1 Å². The summed E-state index contributed by atoms with van der Waals surface area (Å²) in [5.74, 6) is -7.67. The molecule has 0 aliphatic carbocycles. The van der Waals surface area contributed by atoms with Crippen LogP contribution in [0.4, 0.5) is 0 Å². The summed E-state index contributed by atoms with van der Waals surface area (Å²) >= 11 is 0. The number of carboxylic acid groups (broad SMARTS) is 5. The van der Waals surface area contributed by atoms with Gasteiger partial charge >= 0.3 is 34.1 Å². The van der Waals surface area contributed by atoms with Crippen molar-refractivity contribution < 1.29 is 83.6 Å². The summed E-state index contributed by atoms with van der Waals surface area (Å²) in [7, 11) is 0. The average molecular weight is 584 g/mol. The van der Waals surface area contributed by atoms with Crippen molar-refractivity contribution in [3.63, 3.8) is 0 Å². The molecule has 18 nitrogen and oxygen atoms in total. The van der Waals surface area contributed by atoms with Gasteiger partial charge in [-0.15, -0.1) is 0 Å². The molecular formula is C14H32Fe2N8O10. The van der Waals surface area contributed by atoms with Crippen molar-refractivity contribution in [3.05, 3.63) is 18.5 Å². The first-order chi connectivity index (χ1) is 12.5. The van der Waals surface area contributed by atoms with Crippen molar-refractivity contribution in [2.75, 3.05) is 58.9 Å². The van der Waals surface area contributed by atoms with Crippen molar-refractivity contribution in [1.29, 1.82) is 0 Å². The molecule has 0 aliphatic heterocycles.